The molecular weight excluding hydrogens is 316 g/mol. The van der Waals surface area contributed by atoms with Crippen molar-refractivity contribution >= 4 is 26.8 Å². The number of fused-ring (bicyclic) bond motifs is 1. The van der Waals surface area contributed by atoms with Crippen LogP contribution in [0.15, 0.2) is 22.7 Å². The number of rotatable bonds is 1. The summed E-state index contributed by atoms with van der Waals surface area (Å²) >= 11 is 3.57. The Labute approximate surface area is 128 Å². The first-order chi connectivity index (χ1) is 9.47. The van der Waals surface area contributed by atoms with Gasteiger partial charge in [-0.25, -0.2) is 4.68 Å². The molecule has 0 aliphatic carbocycles. The first-order valence-corrected chi connectivity index (χ1v) is 8.06. The molecule has 1 unspecified atom stereocenters. The van der Waals surface area contributed by atoms with Crippen LogP contribution >= 0.6 is 15.9 Å². The van der Waals surface area contributed by atoms with Gasteiger partial charge in [0.05, 0.1) is 11.2 Å². The van der Waals surface area contributed by atoms with Crippen LogP contribution in [0.1, 0.15) is 52.0 Å². The molecule has 0 N–H and O–H groups in total. The molecule has 1 saturated heterocycles. The Balaban J connectivity index is 2.17. The Morgan fingerprint density at radius 3 is 2.75 bits per heavy atom. The van der Waals surface area contributed by atoms with E-state index in [9.17, 15) is 0 Å². The standard InChI is InChI=1S/C16H21BrN2O/c1-16(2,3)15-12-8-7-11(17)10-13(12)19(18-15)14-6-4-5-9-20-14/h7-8,10,14H,4-6,9H2,1-3H3. The van der Waals surface area contributed by atoms with Crippen LogP contribution in [0.5, 0.6) is 0 Å². The lowest BCUT2D eigenvalue weighted by Gasteiger charge is -2.23. The molecular formula is C16H21BrN2O. The molecule has 1 atom stereocenters. The molecule has 3 rings (SSSR count). The second-order valence-electron chi connectivity index (χ2n) is 6.53. The van der Waals surface area contributed by atoms with Gasteiger partial charge in [-0.2, -0.15) is 5.10 Å². The highest BCUT2D eigenvalue weighted by atomic mass is 79.9. The zero-order valence-corrected chi connectivity index (χ0v) is 13.9. The number of ether oxygens (including phenoxy) is 1. The van der Waals surface area contributed by atoms with Gasteiger partial charge in [0.25, 0.3) is 0 Å². The molecule has 4 heteroatoms. The molecule has 1 aliphatic heterocycles. The minimum Gasteiger partial charge on any atom is -0.356 e. The highest BCUT2D eigenvalue weighted by Gasteiger charge is 2.26. The summed E-state index contributed by atoms with van der Waals surface area (Å²) in [5.74, 6) is 0. The quantitative estimate of drug-likeness (QED) is 0.748. The zero-order chi connectivity index (χ0) is 14.3. The topological polar surface area (TPSA) is 27.1 Å². The van der Waals surface area contributed by atoms with Crippen molar-refractivity contribution in [3.05, 3.63) is 28.4 Å². The fourth-order valence-electron chi connectivity index (χ4n) is 2.80. The molecule has 1 aliphatic rings. The van der Waals surface area contributed by atoms with Crippen LogP contribution in [0.2, 0.25) is 0 Å². The smallest absolute Gasteiger partial charge is 0.150 e. The van der Waals surface area contributed by atoms with E-state index in [1.165, 1.54) is 11.8 Å². The third kappa shape index (κ3) is 2.51. The Hall–Kier alpha value is -0.870. The van der Waals surface area contributed by atoms with E-state index in [4.69, 9.17) is 9.84 Å². The lowest BCUT2D eigenvalue weighted by atomic mass is 9.90. The van der Waals surface area contributed by atoms with Gasteiger partial charge in [0, 0.05) is 21.9 Å². The van der Waals surface area contributed by atoms with E-state index < -0.39 is 0 Å². The lowest BCUT2D eigenvalue weighted by molar-refractivity contribution is -0.0370. The molecule has 1 aromatic carbocycles. The molecule has 0 spiro atoms. The number of aromatic nitrogens is 2. The van der Waals surface area contributed by atoms with E-state index in [1.54, 1.807) is 0 Å². The molecule has 108 valence electrons. The molecule has 0 radical (unpaired) electrons. The van der Waals surface area contributed by atoms with Crippen molar-refractivity contribution < 1.29 is 4.74 Å². The minimum atomic E-state index is 0.0337. The first-order valence-electron chi connectivity index (χ1n) is 7.27. The summed E-state index contributed by atoms with van der Waals surface area (Å²) in [4.78, 5) is 0. The molecule has 2 heterocycles. The minimum absolute atomic E-state index is 0.0337. The summed E-state index contributed by atoms with van der Waals surface area (Å²) in [6.07, 6.45) is 3.50. The number of hydrogen-bond donors (Lipinski definition) is 0. The van der Waals surface area contributed by atoms with Crippen LogP contribution in [0.3, 0.4) is 0 Å². The maximum atomic E-state index is 5.92. The molecule has 0 amide bonds. The van der Waals surface area contributed by atoms with Gasteiger partial charge >= 0.3 is 0 Å². The van der Waals surface area contributed by atoms with Crippen LogP contribution < -0.4 is 0 Å². The van der Waals surface area contributed by atoms with Gasteiger partial charge in [0.15, 0.2) is 6.23 Å². The number of hydrogen-bond acceptors (Lipinski definition) is 2. The molecule has 0 bridgehead atoms. The maximum Gasteiger partial charge on any atom is 0.150 e. The van der Waals surface area contributed by atoms with Gasteiger partial charge in [0.2, 0.25) is 0 Å². The molecule has 1 fully saturated rings. The third-order valence-corrected chi connectivity index (χ3v) is 4.30. The number of halogens is 1. The summed E-state index contributed by atoms with van der Waals surface area (Å²) in [5, 5.41) is 6.13. The summed E-state index contributed by atoms with van der Waals surface area (Å²) < 4.78 is 9.09. The van der Waals surface area contributed by atoms with Crippen molar-refractivity contribution in [2.24, 2.45) is 0 Å². The van der Waals surface area contributed by atoms with Crippen molar-refractivity contribution in [1.29, 1.82) is 0 Å². The normalized spacial score (nSPS) is 20.5. The fraction of sp³-hybridized carbons (Fsp3) is 0.562. The molecule has 2 aromatic rings. The predicted octanol–water partition coefficient (Wildman–Crippen LogP) is 4.80. The van der Waals surface area contributed by atoms with E-state index in [2.05, 4.69) is 59.6 Å². The van der Waals surface area contributed by atoms with Crippen LogP contribution in [-0.2, 0) is 10.2 Å². The van der Waals surface area contributed by atoms with E-state index in [0.29, 0.717) is 0 Å². The van der Waals surface area contributed by atoms with E-state index in [0.717, 1.165) is 35.1 Å². The Kier molecular flexibility index (Phi) is 3.63. The first kappa shape index (κ1) is 14.1. The summed E-state index contributed by atoms with van der Waals surface area (Å²) in [6.45, 7) is 7.47. The molecule has 1 aromatic heterocycles. The Morgan fingerprint density at radius 1 is 1.30 bits per heavy atom. The Bertz CT molecular complexity index is 621. The second kappa shape index (κ2) is 5.15. The highest BCUT2D eigenvalue weighted by molar-refractivity contribution is 9.10. The summed E-state index contributed by atoms with van der Waals surface area (Å²) in [5.41, 5.74) is 2.34. The van der Waals surface area contributed by atoms with Gasteiger partial charge in [-0.05, 0) is 37.5 Å². The van der Waals surface area contributed by atoms with Crippen LogP contribution in [0.25, 0.3) is 10.9 Å². The average molecular weight is 337 g/mol. The zero-order valence-electron chi connectivity index (χ0n) is 12.3. The summed E-state index contributed by atoms with van der Waals surface area (Å²) in [7, 11) is 0. The van der Waals surface area contributed by atoms with Crippen LogP contribution in [0.4, 0.5) is 0 Å². The predicted molar refractivity (Wildman–Crippen MR) is 85.0 cm³/mol. The van der Waals surface area contributed by atoms with E-state index in [-0.39, 0.29) is 11.6 Å². The number of benzene rings is 1. The largest absolute Gasteiger partial charge is 0.356 e. The van der Waals surface area contributed by atoms with Gasteiger partial charge in [0.1, 0.15) is 0 Å². The highest BCUT2D eigenvalue weighted by Crippen LogP contribution is 2.34. The molecule has 0 saturated carbocycles. The van der Waals surface area contributed by atoms with Gasteiger partial charge in [-0.1, -0.05) is 36.7 Å². The van der Waals surface area contributed by atoms with E-state index >= 15 is 0 Å². The molecule has 3 nitrogen and oxygen atoms in total. The molecule has 20 heavy (non-hydrogen) atoms. The van der Waals surface area contributed by atoms with Gasteiger partial charge in [-0.3, -0.25) is 0 Å². The monoisotopic (exact) mass is 336 g/mol. The van der Waals surface area contributed by atoms with Crippen LogP contribution in [-0.4, -0.2) is 16.4 Å². The number of nitrogens with zero attached hydrogens (tertiary/aromatic N) is 2. The van der Waals surface area contributed by atoms with Crippen LogP contribution in [0, 0.1) is 0 Å². The van der Waals surface area contributed by atoms with Gasteiger partial charge < -0.3 is 4.74 Å². The lowest BCUT2D eigenvalue weighted by Crippen LogP contribution is -2.20. The van der Waals surface area contributed by atoms with Crippen molar-refractivity contribution in [3.8, 4) is 0 Å². The van der Waals surface area contributed by atoms with E-state index in [1.807, 2.05) is 0 Å². The second-order valence-corrected chi connectivity index (χ2v) is 7.44. The maximum absolute atomic E-state index is 5.92. The SMILES string of the molecule is CC(C)(C)c1nn(C2CCCCO2)c2cc(Br)ccc12. The summed E-state index contributed by atoms with van der Waals surface area (Å²) in [6, 6.07) is 6.40. The average Bonchev–Trinajstić information content (AvgIpc) is 2.78. The van der Waals surface area contributed by atoms with Crippen molar-refractivity contribution in [3.63, 3.8) is 0 Å². The van der Waals surface area contributed by atoms with Crippen molar-refractivity contribution in [2.45, 2.75) is 51.7 Å². The van der Waals surface area contributed by atoms with Gasteiger partial charge in [-0.15, -0.1) is 0 Å². The fourth-order valence-corrected chi connectivity index (χ4v) is 3.15. The van der Waals surface area contributed by atoms with Crippen molar-refractivity contribution in [2.75, 3.05) is 6.61 Å². The Morgan fingerprint density at radius 2 is 2.10 bits per heavy atom. The third-order valence-electron chi connectivity index (χ3n) is 3.81. The van der Waals surface area contributed by atoms with Crippen molar-refractivity contribution in [1.82, 2.24) is 9.78 Å².